The van der Waals surface area contributed by atoms with E-state index in [1.807, 2.05) is 24.3 Å². The van der Waals surface area contributed by atoms with E-state index in [1.165, 1.54) is 12.8 Å². The van der Waals surface area contributed by atoms with Crippen LogP contribution in [-0.2, 0) is 14.3 Å². The van der Waals surface area contributed by atoms with Crippen LogP contribution in [0.15, 0.2) is 30.5 Å². The van der Waals surface area contributed by atoms with Gasteiger partial charge in [0.05, 0.1) is 37.7 Å². The summed E-state index contributed by atoms with van der Waals surface area (Å²) in [4.78, 5) is 15.7. The number of hydrogen-bond acceptors (Lipinski definition) is 5. The van der Waals surface area contributed by atoms with Crippen LogP contribution in [0.4, 0.5) is 0 Å². The predicted octanol–water partition coefficient (Wildman–Crippen LogP) is 2.85. The third-order valence-corrected chi connectivity index (χ3v) is 6.36. The normalized spacial score (nSPS) is 34.3. The molecule has 0 bridgehead atoms. The molecule has 2 saturated carbocycles. The summed E-state index contributed by atoms with van der Waals surface area (Å²) in [7, 11) is 1.63. The number of rotatable bonds is 3. The van der Waals surface area contributed by atoms with Crippen molar-refractivity contribution in [1.29, 1.82) is 0 Å². The van der Waals surface area contributed by atoms with Crippen LogP contribution in [0.3, 0.4) is 0 Å². The molecule has 2 aliphatic carbocycles. The molecule has 5 rings (SSSR count). The van der Waals surface area contributed by atoms with Crippen molar-refractivity contribution in [1.82, 2.24) is 4.90 Å². The van der Waals surface area contributed by atoms with E-state index in [4.69, 9.17) is 14.2 Å². The van der Waals surface area contributed by atoms with Crippen LogP contribution in [0.1, 0.15) is 31.2 Å². The van der Waals surface area contributed by atoms with Gasteiger partial charge in [0.1, 0.15) is 11.9 Å². The van der Waals surface area contributed by atoms with Crippen molar-refractivity contribution in [2.24, 2.45) is 11.8 Å². The van der Waals surface area contributed by atoms with E-state index < -0.39 is 0 Å². The highest BCUT2D eigenvalue weighted by molar-refractivity contribution is 6.22. The Morgan fingerprint density at radius 1 is 1.15 bits per heavy atom. The lowest BCUT2D eigenvalue weighted by Crippen LogP contribution is -2.56. The minimum atomic E-state index is -0.0797. The molecule has 5 heteroatoms. The van der Waals surface area contributed by atoms with Gasteiger partial charge in [0.15, 0.2) is 5.78 Å². The van der Waals surface area contributed by atoms with E-state index in [9.17, 15) is 4.79 Å². The third-order valence-electron chi connectivity index (χ3n) is 6.36. The number of para-hydroxylation sites is 1. The number of nitrogens with zero attached hydrogens (tertiary/aromatic N) is 1. The molecule has 4 aliphatic rings. The van der Waals surface area contributed by atoms with Gasteiger partial charge in [0.25, 0.3) is 0 Å². The lowest BCUT2D eigenvalue weighted by Gasteiger charge is -2.48. The zero-order valence-electron chi connectivity index (χ0n) is 15.1. The number of hydrogen-bond donors (Lipinski definition) is 0. The summed E-state index contributed by atoms with van der Waals surface area (Å²) in [5, 5.41) is 0. The molecule has 3 fully saturated rings. The summed E-state index contributed by atoms with van der Waals surface area (Å²) < 4.78 is 17.8. The van der Waals surface area contributed by atoms with Gasteiger partial charge in [-0.15, -0.1) is 0 Å². The molecular weight excluding hydrogens is 330 g/mol. The molecule has 1 aromatic carbocycles. The van der Waals surface area contributed by atoms with Gasteiger partial charge in [-0.05, 0) is 31.7 Å². The zero-order valence-corrected chi connectivity index (χ0v) is 15.1. The summed E-state index contributed by atoms with van der Waals surface area (Å²) in [5.74, 6) is 1.10. The summed E-state index contributed by atoms with van der Waals surface area (Å²) in [5.41, 5.74) is 1.46. The van der Waals surface area contributed by atoms with Crippen LogP contribution in [0.2, 0.25) is 0 Å². The van der Waals surface area contributed by atoms with E-state index in [2.05, 4.69) is 4.90 Å². The fourth-order valence-corrected chi connectivity index (χ4v) is 4.81. The van der Waals surface area contributed by atoms with Crippen molar-refractivity contribution < 1.29 is 19.0 Å². The fourth-order valence-electron chi connectivity index (χ4n) is 4.81. The molecule has 138 valence electrons. The van der Waals surface area contributed by atoms with E-state index in [0.717, 1.165) is 31.7 Å². The molecule has 4 unspecified atom stereocenters. The van der Waals surface area contributed by atoms with Crippen molar-refractivity contribution >= 4 is 11.4 Å². The monoisotopic (exact) mass is 355 g/mol. The summed E-state index contributed by atoms with van der Waals surface area (Å²) in [6.45, 7) is 1.72. The van der Waals surface area contributed by atoms with Crippen molar-refractivity contribution in [3.63, 3.8) is 0 Å². The van der Waals surface area contributed by atoms with Crippen molar-refractivity contribution in [3.05, 3.63) is 36.1 Å². The molecule has 5 nitrogen and oxygen atoms in total. The Morgan fingerprint density at radius 3 is 2.81 bits per heavy atom. The highest BCUT2D eigenvalue weighted by Gasteiger charge is 2.50. The number of ketones is 1. The van der Waals surface area contributed by atoms with E-state index >= 15 is 0 Å². The largest absolute Gasteiger partial charge is 0.496 e. The molecule has 0 aromatic heterocycles. The topological polar surface area (TPSA) is 48.0 Å². The van der Waals surface area contributed by atoms with Gasteiger partial charge in [-0.1, -0.05) is 18.2 Å². The number of benzene rings is 1. The van der Waals surface area contributed by atoms with Crippen LogP contribution in [0.25, 0.3) is 5.57 Å². The summed E-state index contributed by atoms with van der Waals surface area (Å²) >= 11 is 0. The maximum Gasteiger partial charge on any atom is 0.173 e. The van der Waals surface area contributed by atoms with Crippen molar-refractivity contribution in [2.45, 2.75) is 43.9 Å². The second kappa shape index (κ2) is 6.39. The molecule has 0 N–H and O–H groups in total. The van der Waals surface area contributed by atoms with Crippen molar-refractivity contribution in [2.75, 3.05) is 20.4 Å². The minimum absolute atomic E-state index is 0.0683. The second-order valence-corrected chi connectivity index (χ2v) is 7.88. The van der Waals surface area contributed by atoms with Gasteiger partial charge >= 0.3 is 0 Å². The Labute approximate surface area is 153 Å². The zero-order chi connectivity index (χ0) is 17.7. The first-order valence-corrected chi connectivity index (χ1v) is 9.65. The molecule has 1 aromatic rings. The smallest absolute Gasteiger partial charge is 0.173 e. The minimum Gasteiger partial charge on any atom is -0.496 e. The van der Waals surface area contributed by atoms with Crippen LogP contribution >= 0.6 is 0 Å². The number of methoxy groups -OCH3 is 1. The highest BCUT2D eigenvalue weighted by Crippen LogP contribution is 2.44. The predicted molar refractivity (Wildman–Crippen MR) is 96.5 cm³/mol. The lowest BCUT2D eigenvalue weighted by atomic mass is 9.71. The maximum absolute atomic E-state index is 13.3. The van der Waals surface area contributed by atoms with Crippen LogP contribution in [-0.4, -0.2) is 49.3 Å². The van der Waals surface area contributed by atoms with Crippen molar-refractivity contribution in [3.8, 4) is 5.75 Å². The quantitative estimate of drug-likeness (QED) is 0.834. The molecule has 0 radical (unpaired) electrons. The molecule has 0 amide bonds. The van der Waals surface area contributed by atoms with Gasteiger partial charge in [0, 0.05) is 24.1 Å². The molecule has 2 aliphatic heterocycles. The lowest BCUT2D eigenvalue weighted by molar-refractivity contribution is -0.171. The Kier molecular flexibility index (Phi) is 4.02. The first-order valence-electron chi connectivity index (χ1n) is 9.65. The van der Waals surface area contributed by atoms with Crippen LogP contribution < -0.4 is 4.74 Å². The van der Waals surface area contributed by atoms with E-state index in [-0.39, 0.29) is 29.8 Å². The Morgan fingerprint density at radius 2 is 2.00 bits per heavy atom. The first-order chi connectivity index (χ1) is 12.8. The Bertz CT molecular complexity index is 741. The summed E-state index contributed by atoms with van der Waals surface area (Å²) in [6, 6.07) is 8.33. The molecule has 0 spiro atoms. The van der Waals surface area contributed by atoms with Gasteiger partial charge in [-0.2, -0.15) is 0 Å². The van der Waals surface area contributed by atoms with Crippen LogP contribution in [0.5, 0.6) is 5.75 Å². The average molecular weight is 355 g/mol. The third kappa shape index (κ3) is 2.65. The molecule has 2 heterocycles. The summed E-state index contributed by atoms with van der Waals surface area (Å²) in [6.07, 6.45) is 6.14. The van der Waals surface area contributed by atoms with Crippen LogP contribution in [0, 0.1) is 11.8 Å². The number of carbonyl (C=O) groups excluding carboxylic acids is 1. The SMILES string of the molecule is COc1ccccc1C1=COC2C(CCC3OCN(C4CC4)CC32)C1=O. The van der Waals surface area contributed by atoms with Gasteiger partial charge in [-0.25, -0.2) is 0 Å². The number of fused-ring (bicyclic) bond motifs is 3. The first kappa shape index (κ1) is 16.3. The fraction of sp³-hybridized carbons (Fsp3) is 0.571. The van der Waals surface area contributed by atoms with E-state index in [1.54, 1.807) is 13.4 Å². The number of carbonyl (C=O) groups is 1. The number of Topliss-reactive ketones (excluding diaryl/α,β-unsaturated/α-hetero) is 1. The second-order valence-electron chi connectivity index (χ2n) is 7.88. The average Bonchev–Trinajstić information content (AvgIpc) is 3.53. The van der Waals surface area contributed by atoms with Gasteiger partial charge in [-0.3, -0.25) is 9.69 Å². The molecule has 26 heavy (non-hydrogen) atoms. The standard InChI is InChI=1S/C21H25NO4/c1-24-18-5-3-2-4-14(18)17-11-25-21-15(20(17)23)8-9-19-16(21)10-22(12-26-19)13-6-7-13/h2-5,11,13,15-16,19,21H,6-10,12H2,1H3. The maximum atomic E-state index is 13.3. The molecular formula is C21H25NO4. The number of ether oxygens (including phenoxy) is 3. The molecule has 4 atom stereocenters. The molecule has 1 saturated heterocycles. The Balaban J connectivity index is 1.42. The Hall–Kier alpha value is -1.85. The van der Waals surface area contributed by atoms with Gasteiger partial charge in [0.2, 0.25) is 0 Å². The highest BCUT2D eigenvalue weighted by atomic mass is 16.5. The van der Waals surface area contributed by atoms with E-state index in [0.29, 0.717) is 17.4 Å². The number of allylic oxidation sites excluding steroid dienone is 1. The van der Waals surface area contributed by atoms with Gasteiger partial charge < -0.3 is 14.2 Å².